The molecule has 1 aromatic heterocycles. The molecule has 1 aromatic rings. The minimum absolute atomic E-state index is 0. The quantitative estimate of drug-likeness (QED) is 0.314. The van der Waals surface area contributed by atoms with Gasteiger partial charge in [-0.1, -0.05) is 57.2 Å². The van der Waals surface area contributed by atoms with E-state index in [4.69, 9.17) is 0 Å². The van der Waals surface area contributed by atoms with E-state index in [2.05, 4.69) is 21.8 Å². The Morgan fingerprint density at radius 3 is 2.33 bits per heavy atom. The van der Waals surface area contributed by atoms with Crippen molar-refractivity contribution in [3.63, 3.8) is 0 Å². The lowest BCUT2D eigenvalue weighted by Crippen LogP contribution is -3.00. The number of rotatable bonds is 12. The Kier molecular flexibility index (Phi) is 13.2. The number of aromatic nitrogens is 2. The van der Waals surface area contributed by atoms with Gasteiger partial charge in [0.2, 0.25) is 5.88 Å². The molecule has 0 aliphatic carbocycles. The number of aromatic hydroxyl groups is 1. The van der Waals surface area contributed by atoms with E-state index in [1.165, 1.54) is 43.9 Å². The summed E-state index contributed by atoms with van der Waals surface area (Å²) in [7, 11) is 4.00. The highest BCUT2D eigenvalue weighted by molar-refractivity contribution is 7.99. The lowest BCUT2D eigenvalue weighted by molar-refractivity contribution is -0.00000632. The largest absolute Gasteiger partial charge is 1.00 e. The van der Waals surface area contributed by atoms with Crippen molar-refractivity contribution in [2.45, 2.75) is 63.4 Å². The van der Waals surface area contributed by atoms with E-state index in [0.717, 1.165) is 25.1 Å². The van der Waals surface area contributed by atoms with Crippen LogP contribution in [0.5, 0.6) is 5.88 Å². The molecule has 0 spiro atoms. The highest BCUT2D eigenvalue weighted by atomic mass is 35.5. The first-order valence-electron chi connectivity index (χ1n) is 8.64. The standard InChI is InChI=1S/C17H31N3O2S.ClH/c1-4-5-6-7-8-9-10-11-14-15(21)18-17(19-16(14)22)23-13-12-20(2)3;/h4-13H2,1-3H3,(H2,18,19,21,22);1H/p-1. The summed E-state index contributed by atoms with van der Waals surface area (Å²) >= 11 is 1.46. The zero-order chi connectivity index (χ0) is 17.1. The third kappa shape index (κ3) is 9.55. The van der Waals surface area contributed by atoms with Crippen LogP contribution < -0.4 is 18.0 Å². The Labute approximate surface area is 156 Å². The van der Waals surface area contributed by atoms with Gasteiger partial charge in [-0.2, -0.15) is 4.98 Å². The van der Waals surface area contributed by atoms with Crippen LogP contribution in [0.15, 0.2) is 9.95 Å². The summed E-state index contributed by atoms with van der Waals surface area (Å²) in [5.74, 6) is 0.721. The lowest BCUT2D eigenvalue weighted by atomic mass is 10.1. The molecule has 0 amide bonds. The van der Waals surface area contributed by atoms with Crippen LogP contribution in [0, 0.1) is 0 Å². The van der Waals surface area contributed by atoms with E-state index < -0.39 is 0 Å². The highest BCUT2D eigenvalue weighted by Crippen LogP contribution is 2.18. The van der Waals surface area contributed by atoms with Gasteiger partial charge in [0.05, 0.1) is 5.56 Å². The van der Waals surface area contributed by atoms with Gasteiger partial charge in [0.1, 0.15) is 0 Å². The molecule has 2 N–H and O–H groups in total. The summed E-state index contributed by atoms with van der Waals surface area (Å²) in [6.45, 7) is 3.11. The van der Waals surface area contributed by atoms with Crippen molar-refractivity contribution in [3.8, 4) is 5.88 Å². The fourth-order valence-electron chi connectivity index (χ4n) is 2.34. The second kappa shape index (κ2) is 13.6. The SMILES string of the molecule is CCCCCCCCCc1c(O)nc(SCCN(C)C)[nH]c1=O.[Cl-]. The van der Waals surface area contributed by atoms with Gasteiger partial charge in [-0.3, -0.25) is 4.79 Å². The minimum Gasteiger partial charge on any atom is -1.00 e. The number of nitrogens with zero attached hydrogens (tertiary/aromatic N) is 2. The predicted octanol–water partition coefficient (Wildman–Crippen LogP) is 0.426. The number of thioether (sulfide) groups is 1. The van der Waals surface area contributed by atoms with Crippen LogP contribution in [0.2, 0.25) is 0 Å². The molecule has 0 fully saturated rings. The smallest absolute Gasteiger partial charge is 0.258 e. The molecule has 0 aliphatic rings. The molecular formula is C17H31ClN3O2S-. The third-order valence-corrected chi connectivity index (χ3v) is 4.63. The molecule has 0 aromatic carbocycles. The number of hydrogen-bond donors (Lipinski definition) is 2. The zero-order valence-electron chi connectivity index (χ0n) is 15.1. The normalized spacial score (nSPS) is 10.8. The number of unbranched alkanes of at least 4 members (excludes halogenated alkanes) is 6. The van der Waals surface area contributed by atoms with Crippen LogP contribution in [0.25, 0.3) is 0 Å². The van der Waals surface area contributed by atoms with Gasteiger partial charge in [-0.05, 0) is 26.9 Å². The van der Waals surface area contributed by atoms with Crippen LogP contribution in [-0.4, -0.2) is 46.4 Å². The van der Waals surface area contributed by atoms with Crippen LogP contribution in [0.4, 0.5) is 0 Å². The number of aromatic amines is 1. The van der Waals surface area contributed by atoms with Crippen molar-refractivity contribution in [1.29, 1.82) is 0 Å². The van der Waals surface area contributed by atoms with Crippen molar-refractivity contribution in [1.82, 2.24) is 14.9 Å². The van der Waals surface area contributed by atoms with E-state index >= 15 is 0 Å². The van der Waals surface area contributed by atoms with Crippen molar-refractivity contribution in [2.75, 3.05) is 26.4 Å². The van der Waals surface area contributed by atoms with Gasteiger partial charge in [0, 0.05) is 12.3 Å². The van der Waals surface area contributed by atoms with Gasteiger partial charge in [-0.25, -0.2) is 0 Å². The fraction of sp³-hybridized carbons (Fsp3) is 0.765. The summed E-state index contributed by atoms with van der Waals surface area (Å²) in [6, 6.07) is 0. The maximum atomic E-state index is 12.1. The van der Waals surface area contributed by atoms with Crippen LogP contribution in [-0.2, 0) is 6.42 Å². The van der Waals surface area contributed by atoms with Gasteiger partial charge < -0.3 is 27.4 Å². The van der Waals surface area contributed by atoms with Crippen LogP contribution in [0.1, 0.15) is 57.4 Å². The number of nitrogens with one attached hydrogen (secondary N) is 1. The third-order valence-electron chi connectivity index (χ3n) is 3.78. The second-order valence-electron chi connectivity index (χ2n) is 6.20. The monoisotopic (exact) mass is 376 g/mol. The molecule has 0 aliphatic heterocycles. The Hall–Kier alpha value is -0.720. The van der Waals surface area contributed by atoms with E-state index in [1.807, 2.05) is 14.1 Å². The molecule has 24 heavy (non-hydrogen) atoms. The second-order valence-corrected chi connectivity index (χ2v) is 7.28. The maximum Gasteiger partial charge on any atom is 0.258 e. The molecule has 0 bridgehead atoms. The van der Waals surface area contributed by atoms with Gasteiger partial charge in [0.25, 0.3) is 5.56 Å². The van der Waals surface area contributed by atoms with Crippen molar-refractivity contribution in [2.24, 2.45) is 0 Å². The minimum atomic E-state index is -0.198. The summed E-state index contributed by atoms with van der Waals surface area (Å²) in [4.78, 5) is 21.0. The Morgan fingerprint density at radius 2 is 1.75 bits per heavy atom. The topological polar surface area (TPSA) is 69.2 Å². The van der Waals surface area contributed by atoms with Crippen LogP contribution >= 0.6 is 11.8 Å². The van der Waals surface area contributed by atoms with E-state index in [9.17, 15) is 9.90 Å². The van der Waals surface area contributed by atoms with Crippen molar-refractivity contribution < 1.29 is 17.5 Å². The highest BCUT2D eigenvalue weighted by Gasteiger charge is 2.10. The fourth-order valence-corrected chi connectivity index (χ4v) is 3.31. The molecule has 1 heterocycles. The van der Waals surface area contributed by atoms with E-state index in [-0.39, 0.29) is 23.8 Å². The molecular weight excluding hydrogens is 346 g/mol. The lowest BCUT2D eigenvalue weighted by Gasteiger charge is -2.09. The summed E-state index contributed by atoms with van der Waals surface area (Å²) in [6.07, 6.45) is 8.94. The van der Waals surface area contributed by atoms with Crippen molar-refractivity contribution >= 4 is 11.8 Å². The average molecular weight is 377 g/mol. The molecule has 0 radical (unpaired) electrons. The molecule has 5 nitrogen and oxygen atoms in total. The molecule has 0 saturated carbocycles. The summed E-state index contributed by atoms with van der Waals surface area (Å²) < 4.78 is 0. The number of halogens is 1. The zero-order valence-corrected chi connectivity index (χ0v) is 16.7. The Morgan fingerprint density at radius 1 is 1.12 bits per heavy atom. The van der Waals surface area contributed by atoms with Crippen LogP contribution in [0.3, 0.4) is 0 Å². The summed E-state index contributed by atoms with van der Waals surface area (Å²) in [5, 5.41) is 10.5. The predicted molar refractivity (Wildman–Crippen MR) is 97.5 cm³/mol. The number of H-pyrrole nitrogens is 1. The Balaban J connectivity index is 0.00000529. The first-order valence-corrected chi connectivity index (χ1v) is 9.62. The maximum absolute atomic E-state index is 12.1. The summed E-state index contributed by atoms with van der Waals surface area (Å²) in [5.41, 5.74) is 0.228. The van der Waals surface area contributed by atoms with Gasteiger partial charge in [-0.15, -0.1) is 0 Å². The molecule has 140 valence electrons. The molecule has 1 rings (SSSR count). The number of hydrogen-bond acceptors (Lipinski definition) is 5. The first kappa shape index (κ1) is 23.3. The van der Waals surface area contributed by atoms with Gasteiger partial charge in [0.15, 0.2) is 5.16 Å². The average Bonchev–Trinajstić information content (AvgIpc) is 2.48. The first-order chi connectivity index (χ1) is 11.0. The Bertz CT molecular complexity index is 509. The van der Waals surface area contributed by atoms with E-state index in [1.54, 1.807) is 0 Å². The molecule has 0 saturated heterocycles. The molecule has 7 heteroatoms. The molecule has 0 atom stereocenters. The molecule has 0 unspecified atom stereocenters. The van der Waals surface area contributed by atoms with Gasteiger partial charge >= 0.3 is 0 Å². The van der Waals surface area contributed by atoms with E-state index in [0.29, 0.717) is 17.1 Å². The van der Waals surface area contributed by atoms with Crippen molar-refractivity contribution in [3.05, 3.63) is 15.9 Å².